The highest BCUT2D eigenvalue weighted by Crippen LogP contribution is 2.44. The van der Waals surface area contributed by atoms with E-state index in [1.807, 2.05) is 36.4 Å². The Bertz CT molecular complexity index is 1210. The van der Waals surface area contributed by atoms with Crippen LogP contribution in [0.5, 0.6) is 0 Å². The SMILES string of the molecule is Cc1nc(CNC(=O)OCC2c3ccccc3-c3ccccc32)sc1C(=O)NC(CCO)C(=O)O. The number of aliphatic hydroxyl groups is 1. The molecule has 0 saturated carbocycles. The molecule has 1 heterocycles. The second-order valence-corrected chi connectivity index (χ2v) is 9.16. The lowest BCUT2D eigenvalue weighted by Crippen LogP contribution is -2.41. The zero-order valence-corrected chi connectivity index (χ0v) is 19.8. The summed E-state index contributed by atoms with van der Waals surface area (Å²) >= 11 is 1.06. The van der Waals surface area contributed by atoms with E-state index in [0.717, 1.165) is 33.6 Å². The molecule has 0 spiro atoms. The molecule has 182 valence electrons. The third-order valence-corrected chi connectivity index (χ3v) is 6.95. The third kappa shape index (κ3) is 5.33. The Hall–Kier alpha value is -3.76. The number of aliphatic hydroxyl groups excluding tert-OH is 1. The van der Waals surface area contributed by atoms with Crippen LogP contribution in [0.2, 0.25) is 0 Å². The highest BCUT2D eigenvalue weighted by Gasteiger charge is 2.29. The molecule has 0 bridgehead atoms. The molecule has 0 radical (unpaired) electrons. The molecular weight excluding hydrogens is 470 g/mol. The number of alkyl carbamates (subject to hydrolysis) is 1. The second-order valence-electron chi connectivity index (χ2n) is 8.08. The van der Waals surface area contributed by atoms with Crippen LogP contribution >= 0.6 is 11.3 Å². The number of carbonyl (C=O) groups excluding carboxylic acids is 2. The maximum Gasteiger partial charge on any atom is 0.407 e. The van der Waals surface area contributed by atoms with Crippen LogP contribution in [0.3, 0.4) is 0 Å². The molecule has 3 aromatic rings. The summed E-state index contributed by atoms with van der Waals surface area (Å²) in [5.41, 5.74) is 4.95. The summed E-state index contributed by atoms with van der Waals surface area (Å²) < 4.78 is 5.51. The molecule has 4 rings (SSSR count). The first-order valence-electron chi connectivity index (χ1n) is 11.1. The molecule has 0 aliphatic heterocycles. The zero-order chi connectivity index (χ0) is 24.9. The number of nitrogens with zero attached hydrogens (tertiary/aromatic N) is 1. The quantitative estimate of drug-likeness (QED) is 0.358. The number of nitrogens with one attached hydrogen (secondary N) is 2. The number of aliphatic carboxylic acids is 1. The molecule has 35 heavy (non-hydrogen) atoms. The number of aryl methyl sites for hydroxylation is 1. The van der Waals surface area contributed by atoms with Crippen molar-refractivity contribution in [2.24, 2.45) is 0 Å². The first kappa shape index (κ1) is 24.4. The highest BCUT2D eigenvalue weighted by atomic mass is 32.1. The van der Waals surface area contributed by atoms with E-state index in [1.54, 1.807) is 6.92 Å². The van der Waals surface area contributed by atoms with Gasteiger partial charge in [-0.25, -0.2) is 14.6 Å². The van der Waals surface area contributed by atoms with Gasteiger partial charge in [0.25, 0.3) is 5.91 Å². The van der Waals surface area contributed by atoms with Gasteiger partial charge >= 0.3 is 12.1 Å². The van der Waals surface area contributed by atoms with Crippen molar-refractivity contribution >= 4 is 29.3 Å². The largest absolute Gasteiger partial charge is 0.480 e. The van der Waals surface area contributed by atoms with Crippen LogP contribution in [0.1, 0.15) is 43.8 Å². The molecule has 9 nitrogen and oxygen atoms in total. The molecule has 2 amide bonds. The summed E-state index contributed by atoms with van der Waals surface area (Å²) in [6.07, 6.45) is -0.700. The molecule has 1 aromatic heterocycles. The van der Waals surface area contributed by atoms with Crippen molar-refractivity contribution in [1.29, 1.82) is 0 Å². The van der Waals surface area contributed by atoms with Crippen LogP contribution in [0.15, 0.2) is 48.5 Å². The summed E-state index contributed by atoms with van der Waals surface area (Å²) in [4.78, 5) is 40.6. The Kier molecular flexibility index (Phi) is 7.42. The van der Waals surface area contributed by atoms with Crippen LogP contribution in [0, 0.1) is 6.92 Å². The van der Waals surface area contributed by atoms with Gasteiger partial charge in [0.15, 0.2) is 0 Å². The Labute approximate surface area is 205 Å². The van der Waals surface area contributed by atoms with Gasteiger partial charge in [-0.05, 0) is 29.2 Å². The van der Waals surface area contributed by atoms with Gasteiger partial charge in [0, 0.05) is 18.9 Å². The summed E-state index contributed by atoms with van der Waals surface area (Å²) in [6, 6.07) is 14.9. The van der Waals surface area contributed by atoms with Crippen LogP contribution in [-0.2, 0) is 16.1 Å². The van der Waals surface area contributed by atoms with Gasteiger partial charge in [-0.3, -0.25) is 4.79 Å². The van der Waals surface area contributed by atoms with Gasteiger partial charge in [0.2, 0.25) is 0 Å². The average molecular weight is 496 g/mol. The van der Waals surface area contributed by atoms with Crippen LogP contribution in [0.4, 0.5) is 4.79 Å². The molecule has 1 aliphatic rings. The van der Waals surface area contributed by atoms with Gasteiger partial charge in [-0.1, -0.05) is 48.5 Å². The van der Waals surface area contributed by atoms with Crippen molar-refractivity contribution in [2.45, 2.75) is 31.8 Å². The van der Waals surface area contributed by atoms with Crippen molar-refractivity contribution in [2.75, 3.05) is 13.2 Å². The monoisotopic (exact) mass is 495 g/mol. The van der Waals surface area contributed by atoms with Gasteiger partial charge in [0.05, 0.1) is 12.2 Å². The highest BCUT2D eigenvalue weighted by molar-refractivity contribution is 7.13. The summed E-state index contributed by atoms with van der Waals surface area (Å²) in [5.74, 6) is -1.87. The maximum atomic E-state index is 12.5. The number of rotatable bonds is 9. The normalized spacial score (nSPS) is 13.0. The molecular formula is C25H25N3O6S. The van der Waals surface area contributed by atoms with E-state index in [-0.39, 0.29) is 37.0 Å². The first-order valence-corrected chi connectivity index (χ1v) is 11.9. The number of carboxylic acids is 1. The molecule has 10 heteroatoms. The van der Waals surface area contributed by atoms with Crippen molar-refractivity contribution in [1.82, 2.24) is 15.6 Å². The minimum atomic E-state index is -1.23. The number of fused-ring (bicyclic) bond motifs is 3. The van der Waals surface area contributed by atoms with Crippen molar-refractivity contribution in [3.63, 3.8) is 0 Å². The van der Waals surface area contributed by atoms with E-state index < -0.39 is 24.0 Å². The third-order valence-electron chi connectivity index (χ3n) is 5.80. The van der Waals surface area contributed by atoms with E-state index in [9.17, 15) is 14.4 Å². The number of benzene rings is 2. The number of hydrogen-bond donors (Lipinski definition) is 4. The van der Waals surface area contributed by atoms with Gasteiger partial charge < -0.3 is 25.6 Å². The minimum absolute atomic E-state index is 0.0494. The van der Waals surface area contributed by atoms with E-state index in [1.165, 1.54) is 0 Å². The minimum Gasteiger partial charge on any atom is -0.480 e. The molecule has 1 unspecified atom stereocenters. The molecule has 2 aromatic carbocycles. The Morgan fingerprint density at radius 3 is 2.31 bits per heavy atom. The van der Waals surface area contributed by atoms with E-state index in [0.29, 0.717) is 10.7 Å². The lowest BCUT2D eigenvalue weighted by Gasteiger charge is -2.14. The van der Waals surface area contributed by atoms with Crippen molar-refractivity contribution in [3.8, 4) is 11.1 Å². The van der Waals surface area contributed by atoms with Crippen LogP contribution in [-0.4, -0.2) is 52.4 Å². The van der Waals surface area contributed by atoms with E-state index in [2.05, 4.69) is 27.8 Å². The van der Waals surface area contributed by atoms with Crippen LogP contribution in [0.25, 0.3) is 11.1 Å². The maximum absolute atomic E-state index is 12.5. The molecule has 4 N–H and O–H groups in total. The molecule has 1 atom stereocenters. The molecule has 0 saturated heterocycles. The fourth-order valence-corrected chi connectivity index (χ4v) is 5.05. The van der Waals surface area contributed by atoms with Crippen molar-refractivity contribution < 1.29 is 29.3 Å². The molecule has 1 aliphatic carbocycles. The Balaban J connectivity index is 1.34. The van der Waals surface area contributed by atoms with Crippen molar-refractivity contribution in [3.05, 3.63) is 75.2 Å². The summed E-state index contributed by atoms with van der Waals surface area (Å²) in [5, 5.41) is 23.7. The molecule has 0 fully saturated rings. The standard InChI is InChI=1S/C25H25N3O6S/c1-14-22(23(30)28-20(10-11-29)24(31)32)35-21(27-14)12-26-25(33)34-13-19-17-8-4-2-6-15(17)16-7-3-5-9-18(16)19/h2-9,19-20,29H,10-13H2,1H3,(H,26,33)(H,28,30)(H,31,32). The predicted octanol–water partition coefficient (Wildman–Crippen LogP) is 3.06. The number of carboxylic acid groups (broad SMARTS) is 1. The lowest BCUT2D eigenvalue weighted by atomic mass is 9.98. The number of aromatic nitrogens is 1. The van der Waals surface area contributed by atoms with E-state index >= 15 is 0 Å². The number of ether oxygens (including phenoxy) is 1. The summed E-state index contributed by atoms with van der Waals surface area (Å²) in [7, 11) is 0. The first-order chi connectivity index (χ1) is 16.9. The number of thiazole rings is 1. The van der Waals surface area contributed by atoms with Gasteiger partial charge in [0.1, 0.15) is 22.5 Å². The number of carbonyl (C=O) groups is 3. The van der Waals surface area contributed by atoms with Gasteiger partial charge in [-0.2, -0.15) is 0 Å². The number of hydrogen-bond acceptors (Lipinski definition) is 7. The predicted molar refractivity (Wildman–Crippen MR) is 129 cm³/mol. The number of amides is 2. The average Bonchev–Trinajstić information content (AvgIpc) is 3.38. The zero-order valence-electron chi connectivity index (χ0n) is 19.0. The fraction of sp³-hybridized carbons (Fsp3) is 0.280. The smallest absolute Gasteiger partial charge is 0.407 e. The Morgan fingerprint density at radius 2 is 1.71 bits per heavy atom. The van der Waals surface area contributed by atoms with Gasteiger partial charge in [-0.15, -0.1) is 11.3 Å². The van der Waals surface area contributed by atoms with Crippen LogP contribution < -0.4 is 10.6 Å². The fourth-order valence-electron chi connectivity index (χ4n) is 4.15. The summed E-state index contributed by atoms with van der Waals surface area (Å²) in [6.45, 7) is 1.51. The second kappa shape index (κ2) is 10.7. The topological polar surface area (TPSA) is 138 Å². The van der Waals surface area contributed by atoms with E-state index in [4.69, 9.17) is 14.9 Å². The Morgan fingerprint density at radius 1 is 1.09 bits per heavy atom. The lowest BCUT2D eigenvalue weighted by molar-refractivity contribution is -0.139.